The second kappa shape index (κ2) is 13.9. The topological polar surface area (TPSA) is 138 Å². The highest BCUT2D eigenvalue weighted by molar-refractivity contribution is 6.32. The average molecular weight is 650 g/mol. The monoisotopic (exact) mass is 649 g/mol. The largest absolute Gasteiger partial charge is 0.487 e. The number of aliphatic hydroxyl groups is 1. The molecule has 5 heterocycles. The molecule has 2 bridgehead atoms. The highest BCUT2D eigenvalue weighted by atomic mass is 35.5. The normalized spacial score (nSPS) is 23.7. The number of nitrogens with one attached hydrogen (secondary N) is 1. The van der Waals surface area contributed by atoms with Crippen LogP contribution in [0.5, 0.6) is 11.6 Å². The van der Waals surface area contributed by atoms with Crippen LogP contribution in [0.3, 0.4) is 0 Å². The van der Waals surface area contributed by atoms with Gasteiger partial charge >= 0.3 is 0 Å². The molecule has 244 valence electrons. The summed E-state index contributed by atoms with van der Waals surface area (Å²) in [5.41, 5.74) is 2.35. The van der Waals surface area contributed by atoms with E-state index in [0.29, 0.717) is 53.0 Å². The molecule has 13 nitrogen and oxygen atoms in total. The molecule has 3 fully saturated rings. The van der Waals surface area contributed by atoms with Crippen LogP contribution in [-0.4, -0.2) is 95.2 Å². The Morgan fingerprint density at radius 1 is 1.02 bits per heavy atom. The van der Waals surface area contributed by atoms with E-state index in [-0.39, 0.29) is 25.4 Å². The summed E-state index contributed by atoms with van der Waals surface area (Å²) in [6, 6.07) is 7.67. The molecule has 3 aliphatic rings. The van der Waals surface area contributed by atoms with E-state index in [0.717, 1.165) is 50.0 Å². The van der Waals surface area contributed by atoms with Crippen molar-refractivity contribution in [2.45, 2.75) is 82.3 Å². The van der Waals surface area contributed by atoms with Gasteiger partial charge in [-0.1, -0.05) is 17.7 Å². The van der Waals surface area contributed by atoms with Crippen molar-refractivity contribution in [1.82, 2.24) is 39.4 Å². The minimum absolute atomic E-state index is 0.101. The van der Waals surface area contributed by atoms with Gasteiger partial charge in [-0.05, 0) is 63.1 Å². The molecule has 1 aliphatic carbocycles. The number of hydrogen-bond acceptors (Lipinski definition) is 11. The number of rotatable bonds is 12. The molecule has 7 rings (SSSR count). The van der Waals surface area contributed by atoms with Crippen LogP contribution < -0.4 is 14.8 Å². The van der Waals surface area contributed by atoms with Gasteiger partial charge in [0.25, 0.3) is 5.88 Å². The molecular weight excluding hydrogens is 610 g/mol. The van der Waals surface area contributed by atoms with E-state index >= 15 is 0 Å². The Morgan fingerprint density at radius 3 is 2.48 bits per heavy atom. The second-order valence-corrected chi connectivity index (χ2v) is 12.8. The molecule has 4 aromatic rings. The van der Waals surface area contributed by atoms with Crippen LogP contribution in [-0.2, 0) is 11.3 Å². The van der Waals surface area contributed by atoms with Gasteiger partial charge in [-0.3, -0.25) is 9.58 Å². The lowest BCUT2D eigenvalue weighted by Gasteiger charge is -2.43. The fraction of sp³-hybridized carbons (Fsp3) is 0.531. The SMILES string of the molecule is C[C@@H](Cn1cncn1)Oc1cc(-c2cnc(Nc3cn([C@H]4CC[C@H](N5[C@@H]6CC[C@H]5COC6)CC4)nc3OCCO)nc2)ccc1Cl. The molecule has 2 N–H and O–H groups in total. The van der Waals surface area contributed by atoms with Crippen LogP contribution >= 0.6 is 11.6 Å². The van der Waals surface area contributed by atoms with Gasteiger partial charge in [-0.2, -0.15) is 5.10 Å². The molecule has 3 aromatic heterocycles. The number of benzene rings is 1. The molecule has 0 spiro atoms. The lowest BCUT2D eigenvalue weighted by molar-refractivity contribution is -0.0458. The number of hydrogen-bond donors (Lipinski definition) is 2. The predicted molar refractivity (Wildman–Crippen MR) is 171 cm³/mol. The first kappa shape index (κ1) is 30.9. The first-order chi connectivity index (χ1) is 22.5. The number of fused-ring (bicyclic) bond motifs is 2. The fourth-order valence-corrected chi connectivity index (χ4v) is 7.22. The third-order valence-electron chi connectivity index (χ3n) is 9.19. The number of morpholine rings is 1. The summed E-state index contributed by atoms with van der Waals surface area (Å²) >= 11 is 6.45. The Balaban J connectivity index is 1.01. The Bertz CT molecular complexity index is 1560. The highest BCUT2D eigenvalue weighted by Crippen LogP contribution is 2.39. The van der Waals surface area contributed by atoms with Gasteiger partial charge in [-0.15, -0.1) is 5.10 Å². The van der Waals surface area contributed by atoms with E-state index in [1.54, 1.807) is 29.5 Å². The first-order valence-corrected chi connectivity index (χ1v) is 16.5. The summed E-state index contributed by atoms with van der Waals surface area (Å²) in [5.74, 6) is 1.41. The minimum Gasteiger partial charge on any atom is -0.487 e. The standard InChI is InChI=1S/C32H40ClN9O4/c1-21(15-40-20-34-19-37-40)46-30-12-22(2-9-28(30)33)23-13-35-32(36-14-23)38-29-16-41(39-31(29)45-11-10-43)24-3-5-25(6-4-24)42-26-7-8-27(42)18-44-17-26/h2,9,12-14,16,19-21,24-27,43H,3-8,10-11,15,17-18H2,1H3,(H,35,36,38)/t21-,24-,25-,26-,27+/m0/s1. The predicted octanol–water partition coefficient (Wildman–Crippen LogP) is 4.51. The van der Waals surface area contributed by atoms with Gasteiger partial charge in [0.2, 0.25) is 5.95 Å². The van der Waals surface area contributed by atoms with E-state index in [2.05, 4.69) is 30.3 Å². The van der Waals surface area contributed by atoms with Crippen LogP contribution in [0.15, 0.2) is 49.4 Å². The van der Waals surface area contributed by atoms with Crippen molar-refractivity contribution >= 4 is 23.2 Å². The lowest BCUT2D eigenvalue weighted by atomic mass is 9.89. The molecular formula is C32H40ClN9O4. The van der Waals surface area contributed by atoms with Gasteiger partial charge in [0.1, 0.15) is 36.8 Å². The summed E-state index contributed by atoms with van der Waals surface area (Å²) < 4.78 is 21.4. The molecule has 0 amide bonds. The molecule has 2 aliphatic heterocycles. The van der Waals surface area contributed by atoms with E-state index in [9.17, 15) is 5.11 Å². The van der Waals surface area contributed by atoms with Crippen LogP contribution in [0.1, 0.15) is 51.5 Å². The Kier molecular flexibility index (Phi) is 9.33. The molecule has 3 atom stereocenters. The van der Waals surface area contributed by atoms with E-state index in [4.69, 9.17) is 30.9 Å². The zero-order valence-electron chi connectivity index (χ0n) is 25.9. The van der Waals surface area contributed by atoms with Crippen molar-refractivity contribution in [3.63, 3.8) is 0 Å². The van der Waals surface area contributed by atoms with Gasteiger partial charge in [-0.25, -0.2) is 19.6 Å². The lowest BCUT2D eigenvalue weighted by Crippen LogP contribution is -2.52. The Morgan fingerprint density at radius 2 is 1.76 bits per heavy atom. The number of halogens is 1. The van der Waals surface area contributed by atoms with Crippen LogP contribution in [0.4, 0.5) is 11.6 Å². The minimum atomic E-state index is -0.171. The number of aromatic nitrogens is 7. The molecule has 0 radical (unpaired) electrons. The molecule has 2 saturated heterocycles. The third kappa shape index (κ3) is 6.82. The van der Waals surface area contributed by atoms with E-state index in [1.807, 2.05) is 29.9 Å². The van der Waals surface area contributed by atoms with Crippen molar-refractivity contribution in [2.24, 2.45) is 0 Å². The summed E-state index contributed by atoms with van der Waals surface area (Å²) in [6.07, 6.45) is 15.4. The van der Waals surface area contributed by atoms with Gasteiger partial charge in [0.15, 0.2) is 0 Å². The van der Waals surface area contributed by atoms with Crippen LogP contribution in [0, 0.1) is 0 Å². The number of aliphatic hydroxyl groups excluding tert-OH is 1. The Labute approximate surface area is 272 Å². The summed E-state index contributed by atoms with van der Waals surface area (Å²) in [6.45, 7) is 4.29. The van der Waals surface area contributed by atoms with Gasteiger partial charge < -0.3 is 24.6 Å². The summed E-state index contributed by atoms with van der Waals surface area (Å²) in [4.78, 5) is 15.9. The average Bonchev–Trinajstić information content (AvgIpc) is 3.79. The third-order valence-corrected chi connectivity index (χ3v) is 9.50. The number of anilines is 2. The first-order valence-electron chi connectivity index (χ1n) is 16.1. The molecule has 1 saturated carbocycles. The fourth-order valence-electron chi connectivity index (χ4n) is 7.05. The highest BCUT2D eigenvalue weighted by Gasteiger charge is 2.42. The number of ether oxygens (including phenoxy) is 3. The summed E-state index contributed by atoms with van der Waals surface area (Å²) in [5, 5.41) is 22.1. The second-order valence-electron chi connectivity index (χ2n) is 12.3. The van der Waals surface area contributed by atoms with Crippen molar-refractivity contribution in [2.75, 3.05) is 31.7 Å². The van der Waals surface area contributed by atoms with Crippen molar-refractivity contribution in [3.05, 3.63) is 54.5 Å². The molecule has 1 aromatic carbocycles. The molecule has 46 heavy (non-hydrogen) atoms. The van der Waals surface area contributed by atoms with E-state index in [1.165, 1.54) is 19.2 Å². The Hall–Kier alpha value is -3.78. The molecule has 14 heteroatoms. The van der Waals surface area contributed by atoms with E-state index < -0.39 is 0 Å². The maximum atomic E-state index is 9.40. The van der Waals surface area contributed by atoms with Crippen molar-refractivity contribution in [3.8, 4) is 22.8 Å². The van der Waals surface area contributed by atoms with Crippen molar-refractivity contribution in [1.29, 1.82) is 0 Å². The number of nitrogens with zero attached hydrogens (tertiary/aromatic N) is 8. The zero-order valence-corrected chi connectivity index (χ0v) is 26.7. The summed E-state index contributed by atoms with van der Waals surface area (Å²) in [7, 11) is 0. The van der Waals surface area contributed by atoms with Gasteiger partial charge in [0.05, 0.1) is 43.6 Å². The van der Waals surface area contributed by atoms with Crippen molar-refractivity contribution < 1.29 is 19.3 Å². The molecule has 0 unspecified atom stereocenters. The smallest absolute Gasteiger partial charge is 0.257 e. The zero-order chi connectivity index (χ0) is 31.5. The van der Waals surface area contributed by atoms with Crippen LogP contribution in [0.2, 0.25) is 5.02 Å². The van der Waals surface area contributed by atoms with Gasteiger partial charge in [0, 0.05) is 36.1 Å². The quantitative estimate of drug-likeness (QED) is 0.224. The maximum Gasteiger partial charge on any atom is 0.257 e. The maximum absolute atomic E-state index is 9.40. The van der Waals surface area contributed by atoms with Crippen LogP contribution in [0.25, 0.3) is 11.1 Å².